The highest BCUT2D eigenvalue weighted by molar-refractivity contribution is 7.29. The number of halogens is 2. The number of fused-ring (bicyclic) bond motifs is 2. The molecule has 0 atom stereocenters. The zero-order valence-corrected chi connectivity index (χ0v) is 10.5. The van der Waals surface area contributed by atoms with Crippen LogP contribution >= 0.6 is 22.9 Å². The van der Waals surface area contributed by atoms with Crippen molar-refractivity contribution in [2.75, 3.05) is 0 Å². The third-order valence-corrected chi connectivity index (χ3v) is 3.29. The van der Waals surface area contributed by atoms with Gasteiger partial charge in [0.05, 0.1) is 0 Å². The van der Waals surface area contributed by atoms with E-state index < -0.39 is 5.68 Å². The SMILES string of the molecule is ClB(Cl)[n+]1c2ccccc2cc2ccccc21. The van der Waals surface area contributed by atoms with E-state index in [0.717, 1.165) is 21.8 Å². The van der Waals surface area contributed by atoms with Crippen molar-refractivity contribution in [2.24, 2.45) is 0 Å². The van der Waals surface area contributed by atoms with Gasteiger partial charge in [-0.2, -0.15) is 0 Å². The molecule has 3 rings (SSSR count). The van der Waals surface area contributed by atoms with Gasteiger partial charge in [0.25, 0.3) is 0 Å². The summed E-state index contributed by atoms with van der Waals surface area (Å²) >= 11 is 12.2. The monoisotopic (exact) mass is 260 g/mol. The predicted octanol–water partition coefficient (Wildman–Crippen LogP) is 3.59. The Kier molecular flexibility index (Phi) is 2.69. The number of nitrogens with zero attached hydrogens (tertiary/aromatic N) is 1. The Bertz CT molecular complexity index is 643. The van der Waals surface area contributed by atoms with E-state index in [4.69, 9.17) is 22.9 Å². The Morgan fingerprint density at radius 1 is 0.765 bits per heavy atom. The lowest BCUT2D eigenvalue weighted by Crippen LogP contribution is -2.45. The summed E-state index contributed by atoms with van der Waals surface area (Å²) < 4.78 is 1.94. The van der Waals surface area contributed by atoms with Gasteiger partial charge in [0, 0.05) is 22.9 Å². The molecular formula is C13H9BCl2N+. The van der Waals surface area contributed by atoms with Crippen molar-refractivity contribution in [3.8, 4) is 0 Å². The van der Waals surface area contributed by atoms with E-state index in [1.54, 1.807) is 0 Å². The molecule has 0 radical (unpaired) electrons. The summed E-state index contributed by atoms with van der Waals surface area (Å²) in [6.45, 7) is 0. The van der Waals surface area contributed by atoms with Crippen LogP contribution in [0.15, 0.2) is 54.6 Å². The maximum absolute atomic E-state index is 6.09. The summed E-state index contributed by atoms with van der Waals surface area (Å²) in [5.41, 5.74) is 1.49. The summed E-state index contributed by atoms with van der Waals surface area (Å²) in [7, 11) is 0. The van der Waals surface area contributed by atoms with Gasteiger partial charge in [0.1, 0.15) is 0 Å². The van der Waals surface area contributed by atoms with Crippen molar-refractivity contribution in [3.63, 3.8) is 0 Å². The third kappa shape index (κ3) is 1.78. The second-order valence-corrected chi connectivity index (χ2v) is 4.96. The van der Waals surface area contributed by atoms with E-state index in [0.29, 0.717) is 0 Å². The van der Waals surface area contributed by atoms with Crippen LogP contribution in [0.1, 0.15) is 0 Å². The van der Waals surface area contributed by atoms with E-state index in [1.165, 1.54) is 0 Å². The maximum atomic E-state index is 6.09. The lowest BCUT2D eigenvalue weighted by Gasteiger charge is -2.04. The van der Waals surface area contributed by atoms with Crippen LogP contribution in [0.2, 0.25) is 0 Å². The molecule has 0 N–H and O–H groups in total. The first kappa shape index (κ1) is 10.9. The van der Waals surface area contributed by atoms with Crippen LogP contribution < -0.4 is 4.48 Å². The van der Waals surface area contributed by atoms with Gasteiger partial charge in [-0.3, -0.25) is 0 Å². The minimum absolute atomic E-state index is 0.592. The molecule has 3 aromatic rings. The van der Waals surface area contributed by atoms with Gasteiger partial charge >= 0.3 is 5.68 Å². The molecule has 1 heterocycles. The minimum Gasteiger partial charge on any atom is -0.246 e. The van der Waals surface area contributed by atoms with Gasteiger partial charge in [-0.25, -0.2) is 4.48 Å². The van der Waals surface area contributed by atoms with E-state index >= 15 is 0 Å². The number of benzene rings is 2. The normalized spacial score (nSPS) is 10.9. The number of hydrogen-bond acceptors (Lipinski definition) is 0. The van der Waals surface area contributed by atoms with E-state index in [-0.39, 0.29) is 0 Å². The first-order valence-electron chi connectivity index (χ1n) is 5.37. The van der Waals surface area contributed by atoms with Crippen LogP contribution in [0.25, 0.3) is 21.8 Å². The van der Waals surface area contributed by atoms with Crippen molar-refractivity contribution in [1.82, 2.24) is 0 Å². The fourth-order valence-corrected chi connectivity index (χ4v) is 2.59. The van der Waals surface area contributed by atoms with Crippen molar-refractivity contribution in [2.45, 2.75) is 0 Å². The summed E-state index contributed by atoms with van der Waals surface area (Å²) in [4.78, 5) is 0. The molecule has 1 aromatic heterocycles. The Morgan fingerprint density at radius 2 is 1.24 bits per heavy atom. The van der Waals surface area contributed by atoms with Crippen LogP contribution in [0, 0.1) is 0 Å². The molecule has 0 aliphatic carbocycles. The highest BCUT2D eigenvalue weighted by atomic mass is 35.5. The van der Waals surface area contributed by atoms with Crippen LogP contribution in [0.5, 0.6) is 0 Å². The Hall–Kier alpha value is -1.25. The van der Waals surface area contributed by atoms with Gasteiger partial charge in [0.15, 0.2) is 11.0 Å². The van der Waals surface area contributed by atoms with Crippen LogP contribution in [-0.4, -0.2) is 5.68 Å². The summed E-state index contributed by atoms with van der Waals surface area (Å²) in [6.07, 6.45) is 0. The fourth-order valence-electron chi connectivity index (χ4n) is 2.17. The Labute approximate surface area is 110 Å². The molecule has 0 aliphatic heterocycles. The largest absolute Gasteiger partial charge is 0.708 e. The first-order valence-corrected chi connectivity index (χ1v) is 6.25. The lowest BCUT2D eigenvalue weighted by atomic mass is 10.1. The molecule has 0 unspecified atom stereocenters. The van der Waals surface area contributed by atoms with Crippen molar-refractivity contribution in [1.29, 1.82) is 0 Å². The van der Waals surface area contributed by atoms with Gasteiger partial charge in [-0.1, -0.05) is 47.2 Å². The highest BCUT2D eigenvalue weighted by Gasteiger charge is 2.28. The van der Waals surface area contributed by atoms with Crippen molar-refractivity contribution in [3.05, 3.63) is 54.6 Å². The molecule has 0 saturated carbocycles. The molecule has 0 amide bonds. The quantitative estimate of drug-likeness (QED) is 0.465. The second-order valence-electron chi connectivity index (χ2n) is 3.91. The highest BCUT2D eigenvalue weighted by Crippen LogP contribution is 2.18. The molecule has 0 fully saturated rings. The average molecular weight is 261 g/mol. The average Bonchev–Trinajstić information content (AvgIpc) is 2.35. The third-order valence-electron chi connectivity index (χ3n) is 2.90. The summed E-state index contributed by atoms with van der Waals surface area (Å²) in [5, 5.41) is 2.27. The molecule has 0 saturated heterocycles. The van der Waals surface area contributed by atoms with Gasteiger partial charge in [-0.05, 0) is 18.2 Å². The smallest absolute Gasteiger partial charge is 0.246 e. The number of pyridine rings is 1. The molecule has 82 valence electrons. The Morgan fingerprint density at radius 3 is 1.71 bits per heavy atom. The standard InChI is InChI=1S/C13H9BCl2N/c15-14(16)17-12-7-3-1-5-10(12)9-11-6-2-4-8-13(11)17/h1-9H/q+1. The second kappa shape index (κ2) is 4.21. The van der Waals surface area contributed by atoms with E-state index in [1.807, 2.05) is 40.9 Å². The van der Waals surface area contributed by atoms with Gasteiger partial charge in [0.2, 0.25) is 0 Å². The zero-order valence-electron chi connectivity index (χ0n) is 8.98. The summed E-state index contributed by atoms with van der Waals surface area (Å²) in [5.74, 6) is 0. The van der Waals surface area contributed by atoms with Gasteiger partial charge < -0.3 is 0 Å². The molecule has 1 nitrogen and oxygen atoms in total. The van der Waals surface area contributed by atoms with E-state index in [9.17, 15) is 0 Å². The number of aromatic nitrogens is 1. The molecule has 4 heteroatoms. The van der Waals surface area contributed by atoms with Gasteiger partial charge in [-0.15, -0.1) is 0 Å². The molecule has 2 aromatic carbocycles. The molecular weight excluding hydrogens is 252 g/mol. The van der Waals surface area contributed by atoms with Crippen LogP contribution in [0.3, 0.4) is 0 Å². The predicted molar refractivity (Wildman–Crippen MR) is 74.5 cm³/mol. The number of para-hydroxylation sites is 2. The van der Waals surface area contributed by atoms with E-state index in [2.05, 4.69) is 18.2 Å². The topological polar surface area (TPSA) is 3.88 Å². The molecule has 0 spiro atoms. The lowest BCUT2D eigenvalue weighted by molar-refractivity contribution is -0.467. The molecule has 0 aliphatic rings. The number of rotatable bonds is 1. The van der Waals surface area contributed by atoms with Crippen LogP contribution in [0.4, 0.5) is 0 Å². The molecule has 17 heavy (non-hydrogen) atoms. The summed E-state index contributed by atoms with van der Waals surface area (Å²) in [6, 6.07) is 18.3. The minimum atomic E-state index is -0.592. The maximum Gasteiger partial charge on any atom is 0.708 e. The van der Waals surface area contributed by atoms with Crippen molar-refractivity contribution >= 4 is 50.4 Å². The number of hydrogen-bond donors (Lipinski definition) is 0. The van der Waals surface area contributed by atoms with Crippen LogP contribution in [-0.2, 0) is 0 Å². The first-order chi connectivity index (χ1) is 8.27. The fraction of sp³-hybridized carbons (Fsp3) is 0. The molecule has 0 bridgehead atoms. The zero-order chi connectivity index (χ0) is 11.8. The van der Waals surface area contributed by atoms with Crippen molar-refractivity contribution < 1.29 is 4.48 Å². The Balaban J connectivity index is 2.56.